The highest BCUT2D eigenvalue weighted by Gasteiger charge is 2.61. The normalized spacial score (nSPS) is 23.7. The summed E-state index contributed by atoms with van der Waals surface area (Å²) in [6.07, 6.45) is 0.105. The summed E-state index contributed by atoms with van der Waals surface area (Å²) < 4.78 is 11.4. The van der Waals surface area contributed by atoms with Crippen LogP contribution in [-0.2, 0) is 14.3 Å². The van der Waals surface area contributed by atoms with Crippen molar-refractivity contribution in [2.24, 2.45) is 11.3 Å². The van der Waals surface area contributed by atoms with Crippen molar-refractivity contribution in [3.63, 3.8) is 0 Å². The fourth-order valence-corrected chi connectivity index (χ4v) is 4.20. The van der Waals surface area contributed by atoms with Gasteiger partial charge in [0.15, 0.2) is 0 Å². The summed E-state index contributed by atoms with van der Waals surface area (Å²) in [6.45, 7) is 16.5. The molecule has 0 aromatic heterocycles. The second kappa shape index (κ2) is 9.21. The third kappa shape index (κ3) is 5.76. The molecule has 1 heterocycles. The summed E-state index contributed by atoms with van der Waals surface area (Å²) in [5, 5.41) is 0. The number of carbonyl (C=O) groups is 2. The van der Waals surface area contributed by atoms with E-state index >= 15 is 0 Å². The van der Waals surface area contributed by atoms with Gasteiger partial charge in [0, 0.05) is 31.4 Å². The molecule has 1 fully saturated rings. The Morgan fingerprint density at radius 1 is 1.18 bits per heavy atom. The number of ether oxygens (including phenoxy) is 2. The summed E-state index contributed by atoms with van der Waals surface area (Å²) in [5.41, 5.74) is -1.98. The summed E-state index contributed by atoms with van der Waals surface area (Å²) >= 11 is 5.72. The average Bonchev–Trinajstić information content (AvgIpc) is 2.71. The van der Waals surface area contributed by atoms with Crippen molar-refractivity contribution in [1.82, 2.24) is 9.80 Å². The molecule has 0 aromatic carbocycles. The van der Waals surface area contributed by atoms with Crippen LogP contribution in [0, 0.1) is 11.3 Å². The Hall–Kier alpha value is -1.01. The highest BCUT2D eigenvalue weighted by atomic mass is 35.5. The van der Waals surface area contributed by atoms with Gasteiger partial charge in [-0.3, -0.25) is 9.69 Å². The van der Waals surface area contributed by atoms with E-state index in [1.807, 2.05) is 41.5 Å². The SMILES string of the molecule is CC(C)CC1(CCOCCCl)C(=O)N(C)C(C(C)(C)C)N1C(=O)OC(C)(C)C. The first-order valence-electron chi connectivity index (χ1n) is 10.1. The van der Waals surface area contributed by atoms with Gasteiger partial charge in [-0.25, -0.2) is 4.79 Å². The van der Waals surface area contributed by atoms with Crippen LogP contribution < -0.4 is 0 Å². The number of carbonyl (C=O) groups excluding carboxylic acids is 2. The molecular weight excluding hydrogens is 380 g/mol. The summed E-state index contributed by atoms with van der Waals surface area (Å²) in [6, 6.07) is 0. The molecule has 0 radical (unpaired) electrons. The maximum Gasteiger partial charge on any atom is 0.412 e. The molecule has 2 amide bonds. The van der Waals surface area contributed by atoms with Gasteiger partial charge in [0.25, 0.3) is 0 Å². The monoisotopic (exact) mass is 418 g/mol. The lowest BCUT2D eigenvalue weighted by atomic mass is 9.83. The van der Waals surface area contributed by atoms with Crippen LogP contribution in [0.4, 0.5) is 4.79 Å². The van der Waals surface area contributed by atoms with E-state index < -0.39 is 23.4 Å². The van der Waals surface area contributed by atoms with Crippen molar-refractivity contribution in [2.45, 2.75) is 85.5 Å². The number of rotatable bonds is 7. The quantitative estimate of drug-likeness (QED) is 0.451. The molecule has 28 heavy (non-hydrogen) atoms. The largest absolute Gasteiger partial charge is 0.444 e. The van der Waals surface area contributed by atoms with Crippen molar-refractivity contribution in [3.05, 3.63) is 0 Å². The van der Waals surface area contributed by atoms with Gasteiger partial charge in [0.05, 0.1) is 6.61 Å². The molecule has 1 aliphatic heterocycles. The van der Waals surface area contributed by atoms with Gasteiger partial charge in [-0.15, -0.1) is 11.6 Å². The Morgan fingerprint density at radius 3 is 2.18 bits per heavy atom. The summed E-state index contributed by atoms with van der Waals surface area (Å²) in [7, 11) is 1.78. The Morgan fingerprint density at radius 2 is 1.75 bits per heavy atom. The van der Waals surface area contributed by atoms with Crippen LogP contribution in [0.25, 0.3) is 0 Å². The minimum atomic E-state index is -0.991. The number of hydrogen-bond donors (Lipinski definition) is 0. The highest BCUT2D eigenvalue weighted by molar-refractivity contribution is 6.17. The van der Waals surface area contributed by atoms with Gasteiger partial charge in [-0.1, -0.05) is 34.6 Å². The predicted molar refractivity (Wildman–Crippen MR) is 112 cm³/mol. The fraction of sp³-hybridized carbons (Fsp3) is 0.905. The summed E-state index contributed by atoms with van der Waals surface area (Å²) in [4.78, 5) is 30.3. The smallest absolute Gasteiger partial charge is 0.412 e. The summed E-state index contributed by atoms with van der Waals surface area (Å²) in [5.74, 6) is 0.557. The molecule has 1 aliphatic rings. The van der Waals surface area contributed by atoms with Gasteiger partial charge >= 0.3 is 6.09 Å². The van der Waals surface area contributed by atoms with Gasteiger partial charge in [-0.05, 0) is 33.1 Å². The first-order valence-corrected chi connectivity index (χ1v) is 10.6. The topological polar surface area (TPSA) is 59.1 Å². The van der Waals surface area contributed by atoms with Crippen molar-refractivity contribution >= 4 is 23.6 Å². The molecule has 0 bridgehead atoms. The van der Waals surface area contributed by atoms with E-state index in [9.17, 15) is 9.59 Å². The zero-order chi connectivity index (χ0) is 21.9. The number of nitrogens with zero attached hydrogens (tertiary/aromatic N) is 2. The van der Waals surface area contributed by atoms with Gasteiger partial charge in [0.2, 0.25) is 5.91 Å². The van der Waals surface area contributed by atoms with Crippen molar-refractivity contribution in [1.29, 1.82) is 0 Å². The van der Waals surface area contributed by atoms with Gasteiger partial charge < -0.3 is 14.4 Å². The van der Waals surface area contributed by atoms with Crippen LogP contribution >= 0.6 is 11.6 Å². The molecule has 1 saturated heterocycles. The van der Waals surface area contributed by atoms with Crippen molar-refractivity contribution in [2.75, 3.05) is 26.1 Å². The van der Waals surface area contributed by atoms with Gasteiger partial charge in [-0.2, -0.15) is 0 Å². The number of likely N-dealkylation sites (N-methyl/N-ethyl adjacent to an activating group) is 1. The molecule has 0 N–H and O–H groups in total. The standard InChI is InChI=1S/C21H39ClN2O4/c1-15(2)14-21(10-12-27-13-11-22)17(25)23(9)16(19(3,4)5)24(21)18(26)28-20(6,7)8/h15-16H,10-14H2,1-9H3. The van der Waals surface area contributed by atoms with Crippen LogP contribution in [0.3, 0.4) is 0 Å². The molecule has 7 heteroatoms. The maximum atomic E-state index is 13.6. The molecule has 0 aromatic rings. The van der Waals surface area contributed by atoms with E-state index in [0.717, 1.165) is 0 Å². The maximum absolute atomic E-state index is 13.6. The van der Waals surface area contributed by atoms with Crippen LogP contribution in [-0.4, -0.2) is 65.2 Å². The Bertz CT molecular complexity index is 554. The van der Waals surface area contributed by atoms with E-state index in [1.54, 1.807) is 16.8 Å². The number of amides is 2. The van der Waals surface area contributed by atoms with Crippen LogP contribution in [0.15, 0.2) is 0 Å². The zero-order valence-electron chi connectivity index (χ0n) is 19.1. The molecule has 1 rings (SSSR count). The number of hydrogen-bond acceptors (Lipinski definition) is 4. The lowest BCUT2D eigenvalue weighted by Gasteiger charge is -2.43. The minimum absolute atomic E-state index is 0.0542. The highest BCUT2D eigenvalue weighted by Crippen LogP contribution is 2.44. The van der Waals surface area contributed by atoms with E-state index in [2.05, 4.69) is 13.8 Å². The number of halogens is 1. The average molecular weight is 419 g/mol. The Kier molecular flexibility index (Phi) is 8.23. The van der Waals surface area contributed by atoms with E-state index in [0.29, 0.717) is 31.9 Å². The lowest BCUT2D eigenvalue weighted by molar-refractivity contribution is -0.135. The molecule has 2 unspecified atom stereocenters. The zero-order valence-corrected chi connectivity index (χ0v) is 19.9. The van der Waals surface area contributed by atoms with E-state index in [-0.39, 0.29) is 17.2 Å². The Labute approximate surface area is 175 Å². The third-order valence-corrected chi connectivity index (χ3v) is 4.94. The van der Waals surface area contributed by atoms with Crippen LogP contribution in [0.5, 0.6) is 0 Å². The van der Waals surface area contributed by atoms with Crippen LogP contribution in [0.2, 0.25) is 0 Å². The van der Waals surface area contributed by atoms with Crippen molar-refractivity contribution < 1.29 is 19.1 Å². The molecule has 164 valence electrons. The third-order valence-electron chi connectivity index (χ3n) is 4.78. The molecule has 0 saturated carbocycles. The lowest BCUT2D eigenvalue weighted by Crippen LogP contribution is -2.58. The van der Waals surface area contributed by atoms with Crippen LogP contribution in [0.1, 0.15) is 68.2 Å². The van der Waals surface area contributed by atoms with E-state index in [1.165, 1.54) is 0 Å². The fourth-order valence-electron chi connectivity index (χ4n) is 4.09. The second-order valence-corrected chi connectivity index (χ2v) is 10.6. The van der Waals surface area contributed by atoms with Crippen molar-refractivity contribution in [3.8, 4) is 0 Å². The predicted octanol–water partition coefficient (Wildman–Crippen LogP) is 4.50. The molecule has 0 aliphatic carbocycles. The Balaban J connectivity index is 3.45. The molecule has 0 spiro atoms. The van der Waals surface area contributed by atoms with E-state index in [4.69, 9.17) is 21.1 Å². The first kappa shape index (κ1) is 25.0. The number of alkyl halides is 1. The van der Waals surface area contributed by atoms with Gasteiger partial charge in [0.1, 0.15) is 17.3 Å². The minimum Gasteiger partial charge on any atom is -0.444 e. The second-order valence-electron chi connectivity index (χ2n) is 10.2. The molecule has 2 atom stereocenters. The molecule has 6 nitrogen and oxygen atoms in total. The first-order chi connectivity index (χ1) is 12.7. The molecular formula is C21H39ClN2O4.